The van der Waals surface area contributed by atoms with Crippen LogP contribution in [0.25, 0.3) is 0 Å². The number of carbonyl (C=O) groups excluding carboxylic acids is 2. The molecule has 7 nitrogen and oxygen atoms in total. The summed E-state index contributed by atoms with van der Waals surface area (Å²) in [6, 6.07) is 24.3. The molecule has 47 heavy (non-hydrogen) atoms. The summed E-state index contributed by atoms with van der Waals surface area (Å²) in [4.78, 5) is 30.1. The van der Waals surface area contributed by atoms with E-state index in [1.165, 1.54) is 17.0 Å². The van der Waals surface area contributed by atoms with Gasteiger partial charge in [-0.05, 0) is 86.3 Å². The topological polar surface area (TPSA) is 86.8 Å². The van der Waals surface area contributed by atoms with Gasteiger partial charge in [-0.25, -0.2) is 8.42 Å². The van der Waals surface area contributed by atoms with Crippen LogP contribution >= 0.6 is 34.8 Å². The lowest BCUT2D eigenvalue weighted by atomic mass is 10.0. The molecule has 248 valence electrons. The Hall–Kier alpha value is -3.56. The van der Waals surface area contributed by atoms with Gasteiger partial charge >= 0.3 is 0 Å². The highest BCUT2D eigenvalue weighted by Crippen LogP contribution is 2.30. The largest absolute Gasteiger partial charge is 0.352 e. The van der Waals surface area contributed by atoms with Gasteiger partial charge in [0.15, 0.2) is 0 Å². The van der Waals surface area contributed by atoms with Crippen LogP contribution in [0.2, 0.25) is 15.1 Å². The van der Waals surface area contributed by atoms with Crippen molar-refractivity contribution in [1.82, 2.24) is 10.2 Å². The molecule has 11 heteroatoms. The smallest absolute Gasteiger partial charge is 0.264 e. The Labute approximate surface area is 292 Å². The first-order valence-corrected chi connectivity index (χ1v) is 17.8. The van der Waals surface area contributed by atoms with Crippen LogP contribution in [0.4, 0.5) is 5.69 Å². The maximum absolute atomic E-state index is 14.7. The fraction of sp³-hybridized carbons (Fsp3) is 0.278. The van der Waals surface area contributed by atoms with Crippen LogP contribution in [-0.2, 0) is 32.6 Å². The second kappa shape index (κ2) is 16.0. The van der Waals surface area contributed by atoms with Gasteiger partial charge in [-0.3, -0.25) is 13.9 Å². The third kappa shape index (κ3) is 9.29. The highest BCUT2D eigenvalue weighted by Gasteiger charge is 2.35. The van der Waals surface area contributed by atoms with Crippen molar-refractivity contribution in [1.29, 1.82) is 0 Å². The van der Waals surface area contributed by atoms with Crippen LogP contribution < -0.4 is 9.62 Å². The van der Waals surface area contributed by atoms with E-state index in [2.05, 4.69) is 5.32 Å². The molecule has 4 aromatic rings. The summed E-state index contributed by atoms with van der Waals surface area (Å²) >= 11 is 19.0. The monoisotopic (exact) mass is 713 g/mol. The van der Waals surface area contributed by atoms with Crippen LogP contribution in [0.15, 0.2) is 95.9 Å². The van der Waals surface area contributed by atoms with Crippen LogP contribution in [0.1, 0.15) is 42.5 Å². The second-order valence-electron chi connectivity index (χ2n) is 11.5. The molecule has 4 aromatic carbocycles. The van der Waals surface area contributed by atoms with Crippen molar-refractivity contribution in [2.75, 3.05) is 10.8 Å². The Balaban J connectivity index is 1.85. The number of hydrogen-bond donors (Lipinski definition) is 1. The molecule has 0 aliphatic carbocycles. The lowest BCUT2D eigenvalue weighted by Crippen LogP contribution is -2.54. The van der Waals surface area contributed by atoms with Gasteiger partial charge in [-0.1, -0.05) is 95.8 Å². The number of benzene rings is 4. The molecule has 2 amide bonds. The summed E-state index contributed by atoms with van der Waals surface area (Å²) in [5, 5.41) is 4.18. The van der Waals surface area contributed by atoms with Gasteiger partial charge in [0.2, 0.25) is 11.8 Å². The Morgan fingerprint density at radius 2 is 1.49 bits per heavy atom. The SMILES string of the molecule is CC[C@@H](C)NC(=O)[C@H](Cc1ccccc1)N(Cc1ccc(Cl)cc1Cl)C(=O)CN(c1ccc(Cl)cc1C)S(=O)(=O)c1ccc(C)cc1. The van der Waals surface area contributed by atoms with E-state index in [4.69, 9.17) is 34.8 Å². The van der Waals surface area contributed by atoms with E-state index in [-0.39, 0.29) is 35.5 Å². The zero-order chi connectivity index (χ0) is 34.3. The van der Waals surface area contributed by atoms with Crippen LogP contribution in [0.5, 0.6) is 0 Å². The molecule has 0 fully saturated rings. The van der Waals surface area contributed by atoms with E-state index in [1.807, 2.05) is 51.1 Å². The number of hydrogen-bond acceptors (Lipinski definition) is 4. The van der Waals surface area contributed by atoms with Gasteiger partial charge in [-0.15, -0.1) is 0 Å². The summed E-state index contributed by atoms with van der Waals surface area (Å²) in [6.45, 7) is 6.77. The van der Waals surface area contributed by atoms with Crippen molar-refractivity contribution >= 4 is 62.3 Å². The Kier molecular flexibility index (Phi) is 12.4. The molecule has 0 aliphatic rings. The number of aryl methyl sites for hydroxylation is 2. The lowest BCUT2D eigenvalue weighted by Gasteiger charge is -2.34. The van der Waals surface area contributed by atoms with E-state index >= 15 is 0 Å². The van der Waals surface area contributed by atoms with Crippen LogP contribution in [0.3, 0.4) is 0 Å². The number of sulfonamides is 1. The molecule has 0 aromatic heterocycles. The van der Waals surface area contributed by atoms with Crippen molar-refractivity contribution in [2.24, 2.45) is 0 Å². The first-order valence-electron chi connectivity index (χ1n) is 15.2. The van der Waals surface area contributed by atoms with Gasteiger partial charge in [0, 0.05) is 34.1 Å². The minimum Gasteiger partial charge on any atom is -0.352 e. The van der Waals surface area contributed by atoms with Crippen molar-refractivity contribution in [3.05, 3.63) is 128 Å². The average Bonchev–Trinajstić information content (AvgIpc) is 3.03. The van der Waals surface area contributed by atoms with Gasteiger partial charge in [0.25, 0.3) is 10.0 Å². The van der Waals surface area contributed by atoms with E-state index in [9.17, 15) is 18.0 Å². The second-order valence-corrected chi connectivity index (χ2v) is 14.7. The number of amides is 2. The highest BCUT2D eigenvalue weighted by atomic mass is 35.5. The molecule has 0 heterocycles. The molecule has 2 atom stereocenters. The Morgan fingerprint density at radius 1 is 0.851 bits per heavy atom. The fourth-order valence-electron chi connectivity index (χ4n) is 5.08. The third-order valence-electron chi connectivity index (χ3n) is 7.94. The summed E-state index contributed by atoms with van der Waals surface area (Å²) in [6.07, 6.45) is 0.865. The van der Waals surface area contributed by atoms with Gasteiger partial charge in [-0.2, -0.15) is 0 Å². The predicted octanol–water partition coefficient (Wildman–Crippen LogP) is 8.01. The number of rotatable bonds is 13. The standard InChI is InChI=1S/C36H38Cl3N3O4S/c1-5-26(4)40-36(44)34(20-27-9-7-6-8-10-27)41(22-28-13-14-30(38)21-32(28)39)35(43)23-42(33-18-15-29(37)19-25(33)3)47(45,46)31-16-11-24(2)12-17-31/h6-19,21,26,34H,5,20,22-23H2,1-4H3,(H,40,44)/t26-,34+/m1/s1. The maximum Gasteiger partial charge on any atom is 0.264 e. The average molecular weight is 715 g/mol. The first kappa shape index (κ1) is 36.3. The maximum atomic E-state index is 14.7. The summed E-state index contributed by atoms with van der Waals surface area (Å²) in [5.74, 6) is -0.960. The van der Waals surface area contributed by atoms with Crippen LogP contribution in [-0.4, -0.2) is 43.8 Å². The zero-order valence-corrected chi connectivity index (χ0v) is 29.8. The Morgan fingerprint density at radius 3 is 2.11 bits per heavy atom. The summed E-state index contributed by atoms with van der Waals surface area (Å²) in [5.41, 5.74) is 3.11. The fourth-order valence-corrected chi connectivity index (χ4v) is 7.25. The zero-order valence-electron chi connectivity index (χ0n) is 26.7. The normalized spacial score (nSPS) is 12.7. The minimum absolute atomic E-state index is 0.0212. The third-order valence-corrected chi connectivity index (χ3v) is 10.5. The van der Waals surface area contributed by atoms with E-state index < -0.39 is 28.5 Å². The minimum atomic E-state index is -4.25. The number of carbonyl (C=O) groups is 2. The molecule has 1 N–H and O–H groups in total. The molecule has 0 radical (unpaired) electrons. The molecule has 0 saturated carbocycles. The molecule has 0 unspecified atom stereocenters. The summed E-state index contributed by atoms with van der Waals surface area (Å²) in [7, 11) is -4.25. The number of nitrogens with zero attached hydrogens (tertiary/aromatic N) is 2. The Bertz CT molecular complexity index is 1820. The van der Waals surface area contributed by atoms with E-state index in [0.29, 0.717) is 32.6 Å². The first-order chi connectivity index (χ1) is 22.3. The van der Waals surface area contributed by atoms with Gasteiger partial charge < -0.3 is 10.2 Å². The molecule has 4 rings (SSSR count). The van der Waals surface area contributed by atoms with Crippen molar-refractivity contribution in [3.63, 3.8) is 0 Å². The quantitative estimate of drug-likeness (QED) is 0.152. The number of nitrogens with one attached hydrogen (secondary N) is 1. The van der Waals surface area contributed by atoms with E-state index in [1.54, 1.807) is 55.5 Å². The van der Waals surface area contributed by atoms with Crippen molar-refractivity contribution < 1.29 is 18.0 Å². The van der Waals surface area contributed by atoms with Gasteiger partial charge in [0.05, 0.1) is 10.6 Å². The lowest BCUT2D eigenvalue weighted by molar-refractivity contribution is -0.140. The summed E-state index contributed by atoms with van der Waals surface area (Å²) < 4.78 is 29.6. The molecule has 0 spiro atoms. The molecular formula is C36H38Cl3N3O4S. The van der Waals surface area contributed by atoms with Crippen molar-refractivity contribution in [3.8, 4) is 0 Å². The highest BCUT2D eigenvalue weighted by molar-refractivity contribution is 7.92. The molecule has 0 bridgehead atoms. The van der Waals surface area contributed by atoms with Gasteiger partial charge in [0.1, 0.15) is 12.6 Å². The van der Waals surface area contributed by atoms with Crippen LogP contribution in [0, 0.1) is 13.8 Å². The van der Waals surface area contributed by atoms with Crippen molar-refractivity contribution in [2.45, 2.75) is 64.1 Å². The predicted molar refractivity (Wildman–Crippen MR) is 191 cm³/mol. The molecule has 0 aliphatic heterocycles. The van der Waals surface area contributed by atoms with E-state index in [0.717, 1.165) is 15.4 Å². The number of halogens is 3. The number of anilines is 1. The molecule has 0 saturated heterocycles. The molecular weight excluding hydrogens is 677 g/mol.